The Kier molecular flexibility index (Phi) is 3.13. The van der Waals surface area contributed by atoms with Crippen LogP contribution in [-0.4, -0.2) is 5.16 Å². The van der Waals surface area contributed by atoms with Gasteiger partial charge in [-0.25, -0.2) is 4.39 Å². The number of hydrogen-bond acceptors (Lipinski definition) is 3. The highest BCUT2D eigenvalue weighted by Gasteiger charge is 2.19. The molecule has 1 aromatic heterocycles. The molecule has 1 heterocycles. The summed E-state index contributed by atoms with van der Waals surface area (Å²) in [6.45, 7) is 4.12. The number of nitrogens with zero attached hydrogens (tertiary/aromatic N) is 1. The number of anilines is 1. The predicted octanol–water partition coefficient (Wildman–Crippen LogP) is 3.26. The molecule has 2 rings (SSSR count). The number of halogens is 1. The van der Waals surface area contributed by atoms with Gasteiger partial charge in [-0.2, -0.15) is 0 Å². The molecule has 4 heteroatoms. The minimum Gasteiger partial charge on any atom is -0.380 e. The molecule has 2 N–H and O–H groups in total. The van der Waals surface area contributed by atoms with Gasteiger partial charge in [0.25, 0.3) is 0 Å². The van der Waals surface area contributed by atoms with Crippen molar-refractivity contribution in [3.63, 3.8) is 0 Å². The third-order valence-electron chi connectivity index (χ3n) is 2.53. The summed E-state index contributed by atoms with van der Waals surface area (Å²) in [6.07, 6.45) is 0.688. The minimum atomic E-state index is -0.313. The van der Waals surface area contributed by atoms with Crippen molar-refractivity contribution in [1.29, 1.82) is 0 Å². The first-order chi connectivity index (χ1) is 8.09. The summed E-state index contributed by atoms with van der Waals surface area (Å²) >= 11 is 0. The minimum absolute atomic E-state index is 0.241. The van der Waals surface area contributed by atoms with E-state index in [1.807, 2.05) is 0 Å². The fourth-order valence-electron chi connectivity index (χ4n) is 1.80. The van der Waals surface area contributed by atoms with Gasteiger partial charge in [-0.05, 0) is 12.0 Å². The van der Waals surface area contributed by atoms with Crippen molar-refractivity contribution >= 4 is 5.82 Å². The molecule has 0 atom stereocenters. The first-order valence-electron chi connectivity index (χ1n) is 5.58. The summed E-state index contributed by atoms with van der Waals surface area (Å²) in [6, 6.07) is 6.50. The summed E-state index contributed by atoms with van der Waals surface area (Å²) in [4.78, 5) is 0. The summed E-state index contributed by atoms with van der Waals surface area (Å²) < 4.78 is 18.9. The van der Waals surface area contributed by atoms with E-state index < -0.39 is 0 Å². The zero-order valence-corrected chi connectivity index (χ0v) is 9.90. The normalized spacial score (nSPS) is 11.1. The number of nitrogen functional groups attached to an aromatic ring is 1. The third kappa shape index (κ3) is 2.30. The largest absolute Gasteiger partial charge is 0.380 e. The zero-order chi connectivity index (χ0) is 12.4. The molecule has 90 valence electrons. The molecule has 0 spiro atoms. The molecule has 17 heavy (non-hydrogen) atoms. The van der Waals surface area contributed by atoms with Crippen LogP contribution < -0.4 is 5.73 Å². The van der Waals surface area contributed by atoms with Gasteiger partial charge in [-0.1, -0.05) is 37.2 Å². The molecule has 0 aliphatic heterocycles. The summed E-state index contributed by atoms with van der Waals surface area (Å²) in [5.41, 5.74) is 6.77. The second-order valence-corrected chi connectivity index (χ2v) is 4.44. The molecule has 0 bridgehead atoms. The van der Waals surface area contributed by atoms with Crippen molar-refractivity contribution < 1.29 is 8.91 Å². The molecular formula is C13H15FN2O. The van der Waals surface area contributed by atoms with Crippen LogP contribution in [0.4, 0.5) is 10.2 Å². The number of rotatable bonds is 3. The van der Waals surface area contributed by atoms with E-state index in [0.29, 0.717) is 29.2 Å². The maximum absolute atomic E-state index is 13.7. The van der Waals surface area contributed by atoms with Gasteiger partial charge in [0.15, 0.2) is 5.82 Å². The number of benzene rings is 1. The molecule has 0 radical (unpaired) electrons. The van der Waals surface area contributed by atoms with Crippen molar-refractivity contribution in [3.8, 4) is 11.1 Å². The van der Waals surface area contributed by atoms with E-state index in [2.05, 4.69) is 19.0 Å². The van der Waals surface area contributed by atoms with E-state index in [4.69, 9.17) is 10.3 Å². The Labute approximate surface area is 99.4 Å². The molecule has 0 aliphatic rings. The first-order valence-corrected chi connectivity index (χ1v) is 5.58. The van der Waals surface area contributed by atoms with Gasteiger partial charge in [0.05, 0.1) is 5.56 Å². The Morgan fingerprint density at radius 1 is 1.35 bits per heavy atom. The van der Waals surface area contributed by atoms with E-state index in [0.717, 1.165) is 0 Å². The predicted molar refractivity (Wildman–Crippen MR) is 64.9 cm³/mol. The molecule has 0 amide bonds. The smallest absolute Gasteiger partial charge is 0.175 e. The van der Waals surface area contributed by atoms with Crippen LogP contribution in [0.3, 0.4) is 0 Å². The van der Waals surface area contributed by atoms with Crippen molar-refractivity contribution in [2.45, 2.75) is 20.3 Å². The van der Waals surface area contributed by atoms with Crippen molar-refractivity contribution in [2.75, 3.05) is 5.73 Å². The maximum Gasteiger partial charge on any atom is 0.175 e. The van der Waals surface area contributed by atoms with Gasteiger partial charge in [0, 0.05) is 12.0 Å². The van der Waals surface area contributed by atoms with Crippen LogP contribution in [0.15, 0.2) is 28.8 Å². The first kappa shape index (κ1) is 11.6. The number of hydrogen-bond donors (Lipinski definition) is 1. The molecular weight excluding hydrogens is 219 g/mol. The molecule has 1 aromatic carbocycles. The molecule has 0 aliphatic carbocycles. The van der Waals surface area contributed by atoms with Crippen LogP contribution >= 0.6 is 0 Å². The van der Waals surface area contributed by atoms with E-state index in [9.17, 15) is 4.39 Å². The highest BCUT2D eigenvalue weighted by atomic mass is 19.1. The third-order valence-corrected chi connectivity index (χ3v) is 2.53. The maximum atomic E-state index is 13.7. The average molecular weight is 234 g/mol. The molecule has 0 saturated heterocycles. The fourth-order valence-corrected chi connectivity index (χ4v) is 1.80. The van der Waals surface area contributed by atoms with E-state index in [-0.39, 0.29) is 11.6 Å². The summed E-state index contributed by atoms with van der Waals surface area (Å²) in [5.74, 6) is 0.966. The van der Waals surface area contributed by atoms with Crippen LogP contribution in [0.2, 0.25) is 0 Å². The van der Waals surface area contributed by atoms with Gasteiger partial charge < -0.3 is 10.3 Å². The molecule has 2 aromatic rings. The monoisotopic (exact) mass is 234 g/mol. The van der Waals surface area contributed by atoms with Gasteiger partial charge >= 0.3 is 0 Å². The fraction of sp³-hybridized carbons (Fsp3) is 0.308. The van der Waals surface area contributed by atoms with Crippen LogP contribution in [0.1, 0.15) is 19.6 Å². The van der Waals surface area contributed by atoms with Gasteiger partial charge in [-0.3, -0.25) is 0 Å². The standard InChI is InChI=1S/C13H15FN2O/c1-8(2)7-11-12(13(15)16-17-11)9-5-3-4-6-10(9)14/h3-6,8H,7H2,1-2H3,(H2,15,16). The Bertz CT molecular complexity index is 520. The summed E-state index contributed by atoms with van der Waals surface area (Å²) in [5, 5.41) is 3.72. The average Bonchev–Trinajstić information content (AvgIpc) is 2.60. The Hall–Kier alpha value is -1.84. The van der Waals surface area contributed by atoms with Crippen molar-refractivity contribution in [1.82, 2.24) is 5.16 Å². The van der Waals surface area contributed by atoms with Gasteiger partial charge in [0.2, 0.25) is 0 Å². The number of nitrogens with two attached hydrogens (primary N) is 1. The SMILES string of the molecule is CC(C)Cc1onc(N)c1-c1ccccc1F. The Balaban J connectivity index is 2.51. The zero-order valence-electron chi connectivity index (χ0n) is 9.90. The number of aromatic nitrogens is 1. The topological polar surface area (TPSA) is 52.0 Å². The van der Waals surface area contributed by atoms with Gasteiger partial charge in [-0.15, -0.1) is 0 Å². The molecule has 0 fully saturated rings. The quantitative estimate of drug-likeness (QED) is 0.886. The van der Waals surface area contributed by atoms with E-state index >= 15 is 0 Å². The van der Waals surface area contributed by atoms with E-state index in [1.54, 1.807) is 18.2 Å². The van der Waals surface area contributed by atoms with Crippen molar-refractivity contribution in [3.05, 3.63) is 35.8 Å². The van der Waals surface area contributed by atoms with Crippen LogP contribution in [0.25, 0.3) is 11.1 Å². The lowest BCUT2D eigenvalue weighted by Crippen LogP contribution is -1.97. The Morgan fingerprint density at radius 3 is 2.71 bits per heavy atom. The summed E-state index contributed by atoms with van der Waals surface area (Å²) in [7, 11) is 0. The lowest BCUT2D eigenvalue weighted by atomic mass is 10.00. The van der Waals surface area contributed by atoms with Crippen LogP contribution in [0, 0.1) is 11.7 Å². The van der Waals surface area contributed by atoms with Crippen molar-refractivity contribution in [2.24, 2.45) is 5.92 Å². The second-order valence-electron chi connectivity index (χ2n) is 4.44. The Morgan fingerprint density at radius 2 is 2.06 bits per heavy atom. The van der Waals surface area contributed by atoms with E-state index in [1.165, 1.54) is 6.07 Å². The highest BCUT2D eigenvalue weighted by molar-refractivity contribution is 5.75. The second kappa shape index (κ2) is 4.57. The lowest BCUT2D eigenvalue weighted by molar-refractivity contribution is 0.371. The van der Waals surface area contributed by atoms with Crippen LogP contribution in [0.5, 0.6) is 0 Å². The van der Waals surface area contributed by atoms with Gasteiger partial charge in [0.1, 0.15) is 11.6 Å². The van der Waals surface area contributed by atoms with Crippen LogP contribution in [-0.2, 0) is 6.42 Å². The molecule has 0 unspecified atom stereocenters. The lowest BCUT2D eigenvalue weighted by Gasteiger charge is -2.05. The molecule has 0 saturated carbocycles. The molecule has 3 nitrogen and oxygen atoms in total. The highest BCUT2D eigenvalue weighted by Crippen LogP contribution is 2.32.